The molecule has 0 aromatic heterocycles. The van der Waals surface area contributed by atoms with Gasteiger partial charge in [0.2, 0.25) is 0 Å². The lowest BCUT2D eigenvalue weighted by atomic mass is 10.0. The van der Waals surface area contributed by atoms with E-state index in [0.29, 0.717) is 12.1 Å². The molecule has 2 aliphatic rings. The van der Waals surface area contributed by atoms with Crippen LogP contribution in [0.3, 0.4) is 0 Å². The first-order valence-corrected chi connectivity index (χ1v) is 8.04. The summed E-state index contributed by atoms with van der Waals surface area (Å²) in [5, 5.41) is 7.44. The van der Waals surface area contributed by atoms with Crippen molar-refractivity contribution >= 4 is 23.2 Å². The maximum atomic E-state index is 12.3. The molecule has 112 valence electrons. The molecule has 0 atom stereocenters. The van der Waals surface area contributed by atoms with Crippen LogP contribution in [0.25, 0.3) is 0 Å². The summed E-state index contributed by atoms with van der Waals surface area (Å²) in [6, 6.07) is 10.5. The van der Waals surface area contributed by atoms with E-state index in [1.54, 1.807) is 0 Å². The number of benzene rings is 1. The zero-order chi connectivity index (χ0) is 14.7. The van der Waals surface area contributed by atoms with Crippen molar-refractivity contribution in [2.24, 2.45) is 0 Å². The van der Waals surface area contributed by atoms with E-state index in [1.165, 1.54) is 12.8 Å². The van der Waals surface area contributed by atoms with Gasteiger partial charge < -0.3 is 15.5 Å². The highest BCUT2D eigenvalue weighted by Gasteiger charge is 2.26. The number of hydrogen-bond acceptors (Lipinski definition) is 2. The molecule has 0 spiro atoms. The molecule has 1 aliphatic heterocycles. The van der Waals surface area contributed by atoms with Gasteiger partial charge in [-0.2, -0.15) is 0 Å². The number of piperidine rings is 1. The predicted octanol–water partition coefficient (Wildman–Crippen LogP) is 1.92. The molecule has 4 nitrogen and oxygen atoms in total. The molecule has 0 bridgehead atoms. The number of carbonyl (C=O) groups is 1. The molecule has 1 amide bonds. The quantitative estimate of drug-likeness (QED) is 0.838. The summed E-state index contributed by atoms with van der Waals surface area (Å²) in [5.74, 6) is 0.132. The Morgan fingerprint density at radius 3 is 2.14 bits per heavy atom. The Hall–Kier alpha value is -1.62. The highest BCUT2D eigenvalue weighted by atomic mass is 32.1. The minimum absolute atomic E-state index is 0.132. The number of likely N-dealkylation sites (tertiary alicyclic amines) is 1. The molecule has 5 heteroatoms. The zero-order valence-electron chi connectivity index (χ0n) is 12.0. The van der Waals surface area contributed by atoms with Gasteiger partial charge in [0.15, 0.2) is 5.11 Å². The maximum Gasteiger partial charge on any atom is 0.253 e. The van der Waals surface area contributed by atoms with Crippen LogP contribution in [0.5, 0.6) is 0 Å². The molecule has 0 radical (unpaired) electrons. The second-order valence-corrected chi connectivity index (χ2v) is 6.23. The lowest BCUT2D eigenvalue weighted by molar-refractivity contribution is 0.0710. The monoisotopic (exact) mass is 303 g/mol. The molecule has 1 aliphatic carbocycles. The molecule has 0 unspecified atom stereocenters. The third-order valence-corrected chi connectivity index (χ3v) is 4.29. The van der Waals surface area contributed by atoms with Crippen LogP contribution in [0.1, 0.15) is 36.0 Å². The first-order chi connectivity index (χ1) is 10.2. The molecule has 1 aromatic rings. The number of carbonyl (C=O) groups excluding carboxylic acids is 1. The molecule has 1 aromatic carbocycles. The van der Waals surface area contributed by atoms with Crippen LogP contribution >= 0.6 is 12.2 Å². The normalized spacial score (nSPS) is 19.1. The summed E-state index contributed by atoms with van der Waals surface area (Å²) in [5.41, 5.74) is 0.773. The molecule has 1 saturated heterocycles. The summed E-state index contributed by atoms with van der Waals surface area (Å²) in [6.07, 6.45) is 4.35. The topological polar surface area (TPSA) is 44.4 Å². The summed E-state index contributed by atoms with van der Waals surface area (Å²) < 4.78 is 0. The number of hydrogen-bond donors (Lipinski definition) is 2. The smallest absolute Gasteiger partial charge is 0.253 e. The summed E-state index contributed by atoms with van der Waals surface area (Å²) in [7, 11) is 0. The number of nitrogens with one attached hydrogen (secondary N) is 2. The largest absolute Gasteiger partial charge is 0.360 e. The van der Waals surface area contributed by atoms with E-state index in [-0.39, 0.29) is 5.91 Å². The Balaban J connectivity index is 1.46. The third kappa shape index (κ3) is 3.94. The fourth-order valence-electron chi connectivity index (χ4n) is 2.63. The minimum atomic E-state index is 0.132. The van der Waals surface area contributed by atoms with Crippen LogP contribution in [0.15, 0.2) is 30.3 Å². The van der Waals surface area contributed by atoms with E-state index >= 15 is 0 Å². The Labute approximate surface area is 130 Å². The number of nitrogens with zero attached hydrogens (tertiary/aromatic N) is 1. The molecular formula is C16H21N3OS. The van der Waals surface area contributed by atoms with E-state index in [1.807, 2.05) is 35.2 Å². The van der Waals surface area contributed by atoms with Crippen LogP contribution in [-0.2, 0) is 0 Å². The van der Waals surface area contributed by atoms with E-state index < -0.39 is 0 Å². The predicted molar refractivity (Wildman–Crippen MR) is 87.3 cm³/mol. The molecule has 1 saturated carbocycles. The number of thiocarbonyl (C=S) groups is 1. The van der Waals surface area contributed by atoms with Crippen LogP contribution in [0, 0.1) is 0 Å². The van der Waals surface area contributed by atoms with Crippen LogP contribution in [-0.4, -0.2) is 41.1 Å². The Bertz CT molecular complexity index is 508. The van der Waals surface area contributed by atoms with Crippen molar-refractivity contribution in [2.45, 2.75) is 37.8 Å². The maximum absolute atomic E-state index is 12.3. The fourth-order valence-corrected chi connectivity index (χ4v) is 2.96. The average molecular weight is 303 g/mol. The molecule has 1 heterocycles. The molecule has 2 N–H and O–H groups in total. The van der Waals surface area contributed by atoms with Crippen molar-refractivity contribution in [2.75, 3.05) is 13.1 Å². The van der Waals surface area contributed by atoms with Crippen molar-refractivity contribution < 1.29 is 4.79 Å². The second-order valence-electron chi connectivity index (χ2n) is 5.82. The van der Waals surface area contributed by atoms with Gasteiger partial charge in [0.05, 0.1) is 0 Å². The number of amides is 1. The van der Waals surface area contributed by atoms with E-state index in [9.17, 15) is 4.79 Å². The van der Waals surface area contributed by atoms with Gasteiger partial charge in [-0.15, -0.1) is 0 Å². The Morgan fingerprint density at radius 2 is 1.57 bits per heavy atom. The molecule has 21 heavy (non-hydrogen) atoms. The van der Waals surface area contributed by atoms with E-state index in [4.69, 9.17) is 12.2 Å². The van der Waals surface area contributed by atoms with Gasteiger partial charge in [-0.3, -0.25) is 4.79 Å². The van der Waals surface area contributed by atoms with Crippen molar-refractivity contribution in [3.05, 3.63) is 35.9 Å². The third-order valence-electron chi connectivity index (χ3n) is 4.05. The second kappa shape index (κ2) is 6.43. The number of rotatable bonds is 3. The standard InChI is InChI=1S/C16H21N3OS/c20-15(12-4-2-1-3-5-12)19-10-8-14(9-11-19)18-16(21)17-13-6-7-13/h1-5,13-14H,6-11H2,(H2,17,18,21). The SMILES string of the molecule is O=C(c1ccccc1)N1CCC(NC(=S)NC2CC2)CC1. The molecular weight excluding hydrogens is 282 g/mol. The van der Waals surface area contributed by atoms with Crippen molar-refractivity contribution in [3.63, 3.8) is 0 Å². The van der Waals surface area contributed by atoms with E-state index in [2.05, 4.69) is 10.6 Å². The zero-order valence-corrected chi connectivity index (χ0v) is 12.9. The van der Waals surface area contributed by atoms with Crippen molar-refractivity contribution in [3.8, 4) is 0 Å². The van der Waals surface area contributed by atoms with Crippen LogP contribution < -0.4 is 10.6 Å². The first kappa shape index (κ1) is 14.3. The Morgan fingerprint density at radius 1 is 1.00 bits per heavy atom. The minimum Gasteiger partial charge on any atom is -0.360 e. The highest BCUT2D eigenvalue weighted by molar-refractivity contribution is 7.80. The lowest BCUT2D eigenvalue weighted by Crippen LogP contribution is -2.49. The summed E-state index contributed by atoms with van der Waals surface area (Å²) >= 11 is 5.31. The summed E-state index contributed by atoms with van der Waals surface area (Å²) in [6.45, 7) is 1.58. The average Bonchev–Trinajstić information content (AvgIpc) is 3.32. The fraction of sp³-hybridized carbons (Fsp3) is 0.500. The van der Waals surface area contributed by atoms with Gasteiger partial charge in [0.1, 0.15) is 0 Å². The van der Waals surface area contributed by atoms with E-state index in [0.717, 1.165) is 36.6 Å². The van der Waals surface area contributed by atoms with Crippen LogP contribution in [0.4, 0.5) is 0 Å². The van der Waals surface area contributed by atoms with Crippen molar-refractivity contribution in [1.29, 1.82) is 0 Å². The van der Waals surface area contributed by atoms with Gasteiger partial charge in [0.25, 0.3) is 5.91 Å². The highest BCUT2D eigenvalue weighted by Crippen LogP contribution is 2.19. The van der Waals surface area contributed by atoms with Crippen molar-refractivity contribution in [1.82, 2.24) is 15.5 Å². The van der Waals surface area contributed by atoms with Gasteiger partial charge in [-0.25, -0.2) is 0 Å². The lowest BCUT2D eigenvalue weighted by Gasteiger charge is -2.33. The first-order valence-electron chi connectivity index (χ1n) is 7.64. The van der Waals surface area contributed by atoms with Gasteiger partial charge in [-0.05, 0) is 50.0 Å². The van der Waals surface area contributed by atoms with Gasteiger partial charge >= 0.3 is 0 Å². The molecule has 2 fully saturated rings. The molecule has 3 rings (SSSR count). The Kier molecular flexibility index (Phi) is 4.39. The van der Waals surface area contributed by atoms with Crippen LogP contribution in [0.2, 0.25) is 0 Å². The van der Waals surface area contributed by atoms with Gasteiger partial charge in [0, 0.05) is 30.7 Å². The van der Waals surface area contributed by atoms with Gasteiger partial charge in [-0.1, -0.05) is 18.2 Å². The summed E-state index contributed by atoms with van der Waals surface area (Å²) in [4.78, 5) is 14.3.